The zero-order valence-electron chi connectivity index (χ0n) is 23.5. The molecule has 40 heavy (non-hydrogen) atoms. The van der Waals surface area contributed by atoms with Gasteiger partial charge in [-0.1, -0.05) is 44.2 Å². The Labute approximate surface area is 232 Å². The number of benzene rings is 2. The Bertz CT molecular complexity index is 1400. The molecule has 0 aliphatic carbocycles. The molecule has 4 rings (SSSR count). The van der Waals surface area contributed by atoms with Crippen LogP contribution in [0.3, 0.4) is 0 Å². The maximum Gasteiger partial charge on any atom is 0.354 e. The molecule has 0 amide bonds. The second kappa shape index (κ2) is 12.0. The zero-order chi connectivity index (χ0) is 29.2. The van der Waals surface area contributed by atoms with Gasteiger partial charge in [-0.05, 0) is 44.4 Å². The fourth-order valence-electron chi connectivity index (χ4n) is 4.68. The molecule has 2 heterocycles. The van der Waals surface area contributed by atoms with E-state index in [1.54, 1.807) is 32.9 Å². The number of aliphatic hydroxyl groups is 2. The first-order valence-electron chi connectivity index (χ1n) is 13.1. The van der Waals surface area contributed by atoms with E-state index in [0.717, 1.165) is 5.56 Å². The van der Waals surface area contributed by atoms with Crippen LogP contribution >= 0.6 is 0 Å². The molecule has 2 N–H and O–H groups in total. The number of aryl methyl sites for hydroxylation is 1. The van der Waals surface area contributed by atoms with Crippen molar-refractivity contribution in [2.24, 2.45) is 5.92 Å². The molecular weight excluding hydrogens is 520 g/mol. The Morgan fingerprint density at radius 3 is 2.42 bits per heavy atom. The van der Waals surface area contributed by atoms with Crippen LogP contribution in [0.1, 0.15) is 49.2 Å². The van der Waals surface area contributed by atoms with Gasteiger partial charge in [0.1, 0.15) is 36.3 Å². The second-order valence-electron chi connectivity index (χ2n) is 10.8. The van der Waals surface area contributed by atoms with Gasteiger partial charge in [0.15, 0.2) is 11.3 Å². The number of hydrogen-bond acceptors (Lipinski definition) is 10. The number of fused-ring (bicyclic) bond motifs is 1. The van der Waals surface area contributed by atoms with Crippen LogP contribution in [-0.4, -0.2) is 60.1 Å². The summed E-state index contributed by atoms with van der Waals surface area (Å²) in [6.07, 6.45) is -4.70. The Balaban J connectivity index is 1.74. The molecule has 1 aromatic heterocycles. The Kier molecular flexibility index (Phi) is 8.84. The fraction of sp³-hybridized carbons (Fsp3) is 0.467. The van der Waals surface area contributed by atoms with Crippen LogP contribution < -0.4 is 15.1 Å². The Morgan fingerprint density at radius 2 is 1.77 bits per heavy atom. The van der Waals surface area contributed by atoms with Gasteiger partial charge in [-0.25, -0.2) is 9.59 Å². The summed E-state index contributed by atoms with van der Waals surface area (Å²) in [5.74, 6) is -0.505. The van der Waals surface area contributed by atoms with E-state index in [0.29, 0.717) is 10.9 Å². The highest BCUT2D eigenvalue weighted by Gasteiger charge is 2.50. The SMILES string of the molecule is CO[C@@H]1[C@@H](O)[C@@H](O)[C@H](Oc2ccc3c(OCc4ccccc4)c(C(=O)OCC(C)C)c(=O)oc3c2C)OC1(C)C. The van der Waals surface area contributed by atoms with E-state index >= 15 is 0 Å². The molecule has 10 heteroatoms. The summed E-state index contributed by atoms with van der Waals surface area (Å²) in [7, 11) is 1.42. The molecule has 0 spiro atoms. The molecule has 1 fully saturated rings. The predicted molar refractivity (Wildman–Crippen MR) is 146 cm³/mol. The van der Waals surface area contributed by atoms with Crippen molar-refractivity contribution < 1.29 is 43.1 Å². The number of rotatable bonds is 9. The van der Waals surface area contributed by atoms with Crippen molar-refractivity contribution >= 4 is 16.9 Å². The molecule has 1 aliphatic rings. The van der Waals surface area contributed by atoms with Crippen LogP contribution in [0.25, 0.3) is 11.0 Å². The van der Waals surface area contributed by atoms with Crippen molar-refractivity contribution in [1.82, 2.24) is 0 Å². The third-order valence-electron chi connectivity index (χ3n) is 6.75. The first-order valence-corrected chi connectivity index (χ1v) is 13.1. The van der Waals surface area contributed by atoms with Gasteiger partial charge >= 0.3 is 11.6 Å². The van der Waals surface area contributed by atoms with E-state index in [9.17, 15) is 19.8 Å². The molecule has 1 aliphatic heterocycles. The minimum atomic E-state index is -1.41. The van der Waals surface area contributed by atoms with E-state index in [2.05, 4.69) is 0 Å². The van der Waals surface area contributed by atoms with Crippen molar-refractivity contribution in [3.8, 4) is 11.5 Å². The van der Waals surface area contributed by atoms with E-state index in [1.807, 2.05) is 44.2 Å². The third-order valence-corrected chi connectivity index (χ3v) is 6.75. The molecule has 2 aromatic carbocycles. The van der Waals surface area contributed by atoms with Gasteiger partial charge in [0.2, 0.25) is 6.29 Å². The van der Waals surface area contributed by atoms with E-state index in [-0.39, 0.29) is 41.8 Å². The maximum absolute atomic E-state index is 13.2. The molecule has 0 unspecified atom stereocenters. The summed E-state index contributed by atoms with van der Waals surface area (Å²) in [5.41, 5.74) is -0.860. The lowest BCUT2D eigenvalue weighted by molar-refractivity contribution is -0.306. The lowest BCUT2D eigenvalue weighted by atomic mass is 9.89. The predicted octanol–water partition coefficient (Wildman–Crippen LogP) is 3.74. The number of esters is 1. The molecule has 0 radical (unpaired) electrons. The van der Waals surface area contributed by atoms with Gasteiger partial charge in [-0.3, -0.25) is 0 Å². The lowest BCUT2D eigenvalue weighted by Crippen LogP contribution is -2.63. The van der Waals surface area contributed by atoms with Crippen LogP contribution in [-0.2, 0) is 20.8 Å². The van der Waals surface area contributed by atoms with E-state index < -0.39 is 41.8 Å². The topological polar surface area (TPSA) is 134 Å². The monoisotopic (exact) mass is 556 g/mol. The van der Waals surface area contributed by atoms with Gasteiger partial charge < -0.3 is 38.3 Å². The Morgan fingerprint density at radius 1 is 1.07 bits per heavy atom. The molecule has 1 saturated heterocycles. The van der Waals surface area contributed by atoms with Crippen molar-refractivity contribution in [2.75, 3.05) is 13.7 Å². The molecule has 0 bridgehead atoms. The number of carbonyl (C=O) groups is 1. The second-order valence-corrected chi connectivity index (χ2v) is 10.8. The van der Waals surface area contributed by atoms with Crippen molar-refractivity contribution in [2.45, 2.75) is 71.4 Å². The lowest BCUT2D eigenvalue weighted by Gasteiger charge is -2.46. The standard InChI is InChI=1S/C30H36O10/c1-16(2)14-37-27(33)21-25(36-15-18-10-8-7-9-11-18)19-12-13-20(17(3)24(19)39-28(21)34)38-29-23(32)22(31)26(35-6)30(4,5)40-29/h7-13,16,22-23,26,29,31-32H,14-15H2,1-6H3/t22-,23+,26+,29+/m0/s1. The molecule has 10 nitrogen and oxygen atoms in total. The summed E-state index contributed by atoms with van der Waals surface area (Å²) in [6, 6.07) is 12.5. The average Bonchev–Trinajstić information content (AvgIpc) is 2.91. The van der Waals surface area contributed by atoms with Crippen molar-refractivity contribution in [1.29, 1.82) is 0 Å². The van der Waals surface area contributed by atoms with Gasteiger partial charge in [-0.2, -0.15) is 0 Å². The maximum atomic E-state index is 13.2. The average molecular weight is 557 g/mol. The highest BCUT2D eigenvalue weighted by Crippen LogP contribution is 2.37. The van der Waals surface area contributed by atoms with E-state index in [1.165, 1.54) is 7.11 Å². The summed E-state index contributed by atoms with van der Waals surface area (Å²) in [5, 5.41) is 21.6. The number of methoxy groups -OCH3 is 1. The van der Waals surface area contributed by atoms with Crippen LogP contribution in [0.5, 0.6) is 11.5 Å². The Hall–Kier alpha value is -3.44. The number of aliphatic hydroxyl groups excluding tert-OH is 2. The summed E-state index contributed by atoms with van der Waals surface area (Å²) < 4.78 is 34.2. The van der Waals surface area contributed by atoms with Gasteiger partial charge in [0, 0.05) is 12.7 Å². The molecular formula is C30H36O10. The van der Waals surface area contributed by atoms with Crippen LogP contribution in [0, 0.1) is 12.8 Å². The number of hydrogen-bond donors (Lipinski definition) is 2. The highest BCUT2D eigenvalue weighted by atomic mass is 16.7. The number of carbonyl (C=O) groups excluding carboxylic acids is 1. The number of ether oxygens (including phenoxy) is 5. The molecule has 4 atom stereocenters. The first kappa shape index (κ1) is 29.5. The van der Waals surface area contributed by atoms with Crippen LogP contribution in [0.15, 0.2) is 51.7 Å². The summed E-state index contributed by atoms with van der Waals surface area (Å²) in [6.45, 7) is 9.08. The smallest absolute Gasteiger partial charge is 0.354 e. The van der Waals surface area contributed by atoms with Gasteiger partial charge in [0.25, 0.3) is 0 Å². The zero-order valence-corrected chi connectivity index (χ0v) is 23.5. The minimum absolute atomic E-state index is 0.0342. The quantitative estimate of drug-likeness (QED) is 0.296. The van der Waals surface area contributed by atoms with Crippen molar-refractivity contribution in [3.63, 3.8) is 0 Å². The van der Waals surface area contributed by atoms with Crippen molar-refractivity contribution in [3.05, 3.63) is 69.6 Å². The van der Waals surface area contributed by atoms with E-state index in [4.69, 9.17) is 28.1 Å². The van der Waals surface area contributed by atoms with Crippen LogP contribution in [0.4, 0.5) is 0 Å². The minimum Gasteiger partial charge on any atom is -0.487 e. The van der Waals surface area contributed by atoms with Crippen LogP contribution in [0.2, 0.25) is 0 Å². The fourth-order valence-corrected chi connectivity index (χ4v) is 4.68. The first-order chi connectivity index (χ1) is 18.9. The largest absolute Gasteiger partial charge is 0.487 e. The van der Waals surface area contributed by atoms with Gasteiger partial charge in [-0.15, -0.1) is 0 Å². The molecule has 0 saturated carbocycles. The summed E-state index contributed by atoms with van der Waals surface area (Å²) >= 11 is 0. The molecule has 3 aromatic rings. The highest BCUT2D eigenvalue weighted by molar-refractivity contribution is 5.99. The molecule has 216 valence electrons. The van der Waals surface area contributed by atoms with Gasteiger partial charge in [0.05, 0.1) is 17.6 Å². The normalized spacial score (nSPS) is 22.3. The third kappa shape index (κ3) is 6.00. The summed E-state index contributed by atoms with van der Waals surface area (Å²) in [4.78, 5) is 26.1.